The van der Waals surface area contributed by atoms with Crippen molar-refractivity contribution in [3.63, 3.8) is 0 Å². The molecule has 3 aromatic rings. The maximum Gasteiger partial charge on any atom is 0.232 e. The third-order valence-electron chi connectivity index (χ3n) is 3.55. The maximum atomic E-state index is 11.6. The van der Waals surface area contributed by atoms with Gasteiger partial charge in [0.15, 0.2) is 5.82 Å². The first-order valence-corrected chi connectivity index (χ1v) is 9.58. The number of anilines is 3. The minimum atomic E-state index is -3.28. The molecule has 0 atom stereocenters. The van der Waals surface area contributed by atoms with Crippen LogP contribution in [0.5, 0.6) is 0 Å². The Bertz CT molecular complexity index is 970. The molecule has 2 heterocycles. The molecule has 3 rings (SSSR count). The zero-order valence-electron chi connectivity index (χ0n) is 14.1. The number of nitrogens with two attached hydrogens (primary N) is 1. The number of sulfonamides is 1. The van der Waals surface area contributed by atoms with Gasteiger partial charge in [0.2, 0.25) is 16.0 Å². The zero-order valence-corrected chi connectivity index (χ0v) is 14.9. The van der Waals surface area contributed by atoms with Gasteiger partial charge >= 0.3 is 0 Å². The Kier molecular flexibility index (Phi) is 5.03. The molecule has 1 aromatic carbocycles. The standard InChI is InChI=1S/C16H19N7O2S/c1-2-26(24,25)22-13-6-4-12(5-7-13)11-18-14-10-15(21-16(17)20-14)23-9-3-8-19-23/h3-10,22H,2,11H2,1H3,(H3,17,18,20,21). The Labute approximate surface area is 151 Å². The summed E-state index contributed by atoms with van der Waals surface area (Å²) in [4.78, 5) is 8.31. The number of nitrogens with zero attached hydrogens (tertiary/aromatic N) is 4. The van der Waals surface area contributed by atoms with Crippen molar-refractivity contribution in [1.82, 2.24) is 19.7 Å². The number of hydrogen-bond donors (Lipinski definition) is 3. The second kappa shape index (κ2) is 7.40. The van der Waals surface area contributed by atoms with Gasteiger partial charge in [0.05, 0.1) is 5.75 Å². The van der Waals surface area contributed by atoms with Crippen LogP contribution in [-0.4, -0.2) is 33.9 Å². The molecule has 0 bridgehead atoms. The predicted octanol–water partition coefficient (Wildman–Crippen LogP) is 1.62. The van der Waals surface area contributed by atoms with Gasteiger partial charge in [-0.05, 0) is 30.7 Å². The largest absolute Gasteiger partial charge is 0.368 e. The van der Waals surface area contributed by atoms with Gasteiger partial charge in [0.25, 0.3) is 0 Å². The van der Waals surface area contributed by atoms with Gasteiger partial charge in [-0.2, -0.15) is 15.1 Å². The van der Waals surface area contributed by atoms with E-state index in [4.69, 9.17) is 5.73 Å². The summed E-state index contributed by atoms with van der Waals surface area (Å²) in [6.07, 6.45) is 3.42. The molecule has 0 unspecified atom stereocenters. The molecular weight excluding hydrogens is 354 g/mol. The average molecular weight is 373 g/mol. The van der Waals surface area contributed by atoms with E-state index >= 15 is 0 Å². The highest BCUT2D eigenvalue weighted by Crippen LogP contribution is 2.15. The summed E-state index contributed by atoms with van der Waals surface area (Å²) < 4.78 is 27.2. The van der Waals surface area contributed by atoms with E-state index < -0.39 is 10.0 Å². The van der Waals surface area contributed by atoms with Crippen LogP contribution in [-0.2, 0) is 16.6 Å². The van der Waals surface area contributed by atoms with Crippen LogP contribution >= 0.6 is 0 Å². The molecule has 0 aliphatic rings. The Morgan fingerprint density at radius 1 is 1.19 bits per heavy atom. The van der Waals surface area contributed by atoms with Gasteiger partial charge < -0.3 is 11.1 Å². The fourth-order valence-electron chi connectivity index (χ4n) is 2.20. The number of hydrogen-bond acceptors (Lipinski definition) is 7. The molecule has 0 aliphatic heterocycles. The van der Waals surface area contributed by atoms with Crippen LogP contribution in [0, 0.1) is 0 Å². The Morgan fingerprint density at radius 2 is 1.96 bits per heavy atom. The third-order valence-corrected chi connectivity index (χ3v) is 4.86. The minimum absolute atomic E-state index is 0.0318. The van der Waals surface area contributed by atoms with Crippen LogP contribution in [0.3, 0.4) is 0 Å². The Hall–Kier alpha value is -3.14. The van der Waals surface area contributed by atoms with E-state index in [1.165, 1.54) is 0 Å². The van der Waals surface area contributed by atoms with Crippen LogP contribution in [0.15, 0.2) is 48.8 Å². The number of benzene rings is 1. The SMILES string of the molecule is CCS(=O)(=O)Nc1ccc(CNc2cc(-n3cccn3)nc(N)n2)cc1. The van der Waals surface area contributed by atoms with Gasteiger partial charge in [-0.25, -0.2) is 13.1 Å². The van der Waals surface area contributed by atoms with Crippen LogP contribution in [0.25, 0.3) is 5.82 Å². The molecule has 10 heteroatoms. The van der Waals surface area contributed by atoms with Gasteiger partial charge in [0, 0.05) is 30.7 Å². The van der Waals surface area contributed by atoms with E-state index in [0.717, 1.165) is 5.56 Å². The topological polar surface area (TPSA) is 128 Å². The lowest BCUT2D eigenvalue weighted by atomic mass is 10.2. The van der Waals surface area contributed by atoms with Crippen molar-refractivity contribution in [3.8, 4) is 5.82 Å². The Balaban J connectivity index is 1.68. The van der Waals surface area contributed by atoms with Crippen molar-refractivity contribution in [1.29, 1.82) is 0 Å². The molecule has 0 fully saturated rings. The molecule has 2 aromatic heterocycles. The van der Waals surface area contributed by atoms with Gasteiger partial charge in [-0.1, -0.05) is 12.1 Å². The first-order chi connectivity index (χ1) is 12.4. The highest BCUT2D eigenvalue weighted by molar-refractivity contribution is 7.92. The normalized spacial score (nSPS) is 11.3. The van der Waals surface area contributed by atoms with Gasteiger partial charge in [0.1, 0.15) is 5.82 Å². The molecule has 136 valence electrons. The highest BCUT2D eigenvalue weighted by Gasteiger charge is 2.07. The number of aromatic nitrogens is 4. The fraction of sp³-hybridized carbons (Fsp3) is 0.188. The summed E-state index contributed by atoms with van der Waals surface area (Å²) in [6, 6.07) is 10.6. The van der Waals surface area contributed by atoms with Crippen LogP contribution in [0.1, 0.15) is 12.5 Å². The Morgan fingerprint density at radius 3 is 2.62 bits per heavy atom. The predicted molar refractivity (Wildman–Crippen MR) is 100 cm³/mol. The number of rotatable bonds is 7. The second-order valence-corrected chi connectivity index (χ2v) is 7.49. The summed E-state index contributed by atoms with van der Waals surface area (Å²) >= 11 is 0. The van der Waals surface area contributed by atoms with E-state index in [2.05, 4.69) is 25.1 Å². The van der Waals surface area contributed by atoms with Crippen molar-refractivity contribution in [2.45, 2.75) is 13.5 Å². The zero-order chi connectivity index (χ0) is 18.6. The summed E-state index contributed by atoms with van der Waals surface area (Å²) in [7, 11) is -3.28. The molecule has 0 saturated carbocycles. The molecule has 0 saturated heterocycles. The van der Waals surface area contributed by atoms with Crippen molar-refractivity contribution in [2.24, 2.45) is 0 Å². The first kappa shape index (κ1) is 17.7. The molecule has 0 radical (unpaired) electrons. The van der Waals surface area contributed by atoms with Crippen molar-refractivity contribution in [3.05, 3.63) is 54.4 Å². The quantitative estimate of drug-likeness (QED) is 0.574. The van der Waals surface area contributed by atoms with Crippen molar-refractivity contribution < 1.29 is 8.42 Å². The van der Waals surface area contributed by atoms with Gasteiger partial charge in [-0.3, -0.25) is 4.72 Å². The summed E-state index contributed by atoms with van der Waals surface area (Å²) in [6.45, 7) is 2.08. The molecule has 26 heavy (non-hydrogen) atoms. The number of nitrogens with one attached hydrogen (secondary N) is 2. The van der Waals surface area contributed by atoms with Crippen LogP contribution in [0.4, 0.5) is 17.5 Å². The van der Waals surface area contributed by atoms with Gasteiger partial charge in [-0.15, -0.1) is 0 Å². The lowest BCUT2D eigenvalue weighted by Crippen LogP contribution is -2.14. The van der Waals surface area contributed by atoms with E-state index in [-0.39, 0.29) is 11.7 Å². The van der Waals surface area contributed by atoms with E-state index in [1.54, 1.807) is 48.3 Å². The number of nitrogen functional groups attached to an aromatic ring is 1. The lowest BCUT2D eigenvalue weighted by Gasteiger charge is -2.10. The summed E-state index contributed by atoms with van der Waals surface area (Å²) in [5.41, 5.74) is 7.25. The lowest BCUT2D eigenvalue weighted by molar-refractivity contribution is 0.602. The van der Waals surface area contributed by atoms with Crippen molar-refractivity contribution in [2.75, 3.05) is 21.5 Å². The fourth-order valence-corrected chi connectivity index (χ4v) is 2.84. The molecule has 9 nitrogen and oxygen atoms in total. The van der Waals surface area contributed by atoms with E-state index in [1.807, 2.05) is 12.1 Å². The molecule has 0 amide bonds. The average Bonchev–Trinajstić information content (AvgIpc) is 3.15. The summed E-state index contributed by atoms with van der Waals surface area (Å²) in [5.74, 6) is 1.31. The maximum absolute atomic E-state index is 11.6. The molecule has 0 spiro atoms. The summed E-state index contributed by atoms with van der Waals surface area (Å²) in [5, 5.41) is 7.29. The van der Waals surface area contributed by atoms with Crippen molar-refractivity contribution >= 4 is 27.5 Å². The second-order valence-electron chi connectivity index (χ2n) is 5.48. The highest BCUT2D eigenvalue weighted by atomic mass is 32.2. The first-order valence-electron chi connectivity index (χ1n) is 7.93. The van der Waals surface area contributed by atoms with Crippen LogP contribution < -0.4 is 15.8 Å². The molecular formula is C16H19N7O2S. The minimum Gasteiger partial charge on any atom is -0.368 e. The molecule has 4 N–H and O–H groups in total. The monoisotopic (exact) mass is 373 g/mol. The molecule has 0 aliphatic carbocycles. The van der Waals surface area contributed by atoms with E-state index in [9.17, 15) is 8.42 Å². The van der Waals surface area contributed by atoms with E-state index in [0.29, 0.717) is 23.9 Å². The smallest absolute Gasteiger partial charge is 0.232 e. The van der Waals surface area contributed by atoms with Crippen LogP contribution in [0.2, 0.25) is 0 Å². The third kappa shape index (κ3) is 4.48.